The minimum atomic E-state index is -3.38. The number of rotatable bonds is 5. The Kier molecular flexibility index (Phi) is 7.05. The van der Waals surface area contributed by atoms with E-state index < -0.39 is 27.8 Å². The number of carbonyl (C=O) groups excluding carboxylic acids is 2. The van der Waals surface area contributed by atoms with E-state index in [2.05, 4.69) is 31.9 Å². The molecule has 0 N–H and O–H groups in total. The maximum atomic E-state index is 14.1. The first kappa shape index (κ1) is 25.6. The van der Waals surface area contributed by atoms with E-state index in [1.165, 1.54) is 20.9 Å². The van der Waals surface area contributed by atoms with Crippen LogP contribution in [0.3, 0.4) is 0 Å². The largest absolute Gasteiger partial charge is 0.325 e. The lowest BCUT2D eigenvalue weighted by atomic mass is 9.87. The Morgan fingerprint density at radius 3 is 2.44 bits per heavy atom. The number of pyridine rings is 1. The first-order valence-electron chi connectivity index (χ1n) is 12.0. The third kappa shape index (κ3) is 5.21. The summed E-state index contributed by atoms with van der Waals surface area (Å²) < 4.78 is 24.3. The van der Waals surface area contributed by atoms with Crippen molar-refractivity contribution in [1.82, 2.24) is 14.8 Å². The smallest absolute Gasteiger partial charge is 0.251 e. The van der Waals surface area contributed by atoms with Crippen LogP contribution in [0.2, 0.25) is 0 Å². The van der Waals surface area contributed by atoms with Gasteiger partial charge < -0.3 is 4.90 Å². The van der Waals surface area contributed by atoms with Crippen molar-refractivity contribution in [1.29, 1.82) is 5.26 Å². The number of hydrogen-bond donors (Lipinski definition) is 0. The summed E-state index contributed by atoms with van der Waals surface area (Å²) >= 11 is 0. The van der Waals surface area contributed by atoms with Crippen LogP contribution in [0, 0.1) is 11.5 Å². The number of hydrogen-bond acceptors (Lipinski definition) is 7. The van der Waals surface area contributed by atoms with E-state index in [9.17, 15) is 23.3 Å². The summed E-state index contributed by atoms with van der Waals surface area (Å²) in [7, 11) is -3.38. The van der Waals surface area contributed by atoms with Gasteiger partial charge in [0.2, 0.25) is 0 Å². The molecule has 2 amide bonds. The summed E-state index contributed by atoms with van der Waals surface area (Å²) in [5, 5.41) is 9.61. The lowest BCUT2D eigenvalue weighted by molar-refractivity contribution is -0.134. The van der Waals surface area contributed by atoms with Gasteiger partial charge in [0.15, 0.2) is 16.0 Å². The van der Waals surface area contributed by atoms with Gasteiger partial charge in [-0.3, -0.25) is 24.4 Å². The summed E-state index contributed by atoms with van der Waals surface area (Å²) in [5.41, 5.74) is 1.93. The lowest BCUT2D eigenvalue weighted by Crippen LogP contribution is -2.50. The van der Waals surface area contributed by atoms with E-state index in [4.69, 9.17) is 0 Å². The van der Waals surface area contributed by atoms with Gasteiger partial charge in [0.05, 0.1) is 5.75 Å². The number of nitrogens with zero attached hydrogens (tertiary/aromatic N) is 5. The van der Waals surface area contributed by atoms with Crippen LogP contribution < -0.4 is 4.90 Å². The highest BCUT2D eigenvalue weighted by molar-refractivity contribution is 7.91. The second-order valence-electron chi connectivity index (χ2n) is 10.3. The van der Waals surface area contributed by atoms with E-state index >= 15 is 0 Å². The standard InChI is InChI=1S/C26H31N5O4S/c1-26(2,3)20-8-10-21(11-9-20)31(24(32)22-7-5-13-29(22)17-27)23(19-6-4-12-28-16-19)25(33)30-14-15-36(34,35)18-30/h4,6,8-12,16,22-23H,5,7,13-15,18H2,1-3H3/t22-,23?/m1/s1. The summed E-state index contributed by atoms with van der Waals surface area (Å²) in [4.78, 5) is 36.3. The topological polar surface area (TPSA) is 115 Å². The Bertz CT molecular complexity index is 1270. The molecule has 1 aromatic carbocycles. The summed E-state index contributed by atoms with van der Waals surface area (Å²) in [5.74, 6) is -1.36. The SMILES string of the molecule is CC(C)(C)c1ccc(N(C(=O)[C@H]2CCCN2C#N)C(C(=O)N2CCS(=O)(=O)C2)c2cccnc2)cc1. The van der Waals surface area contributed by atoms with Gasteiger partial charge in [-0.05, 0) is 42.0 Å². The Labute approximate surface area is 212 Å². The number of carbonyl (C=O) groups is 2. The second-order valence-corrected chi connectivity index (χ2v) is 12.5. The van der Waals surface area contributed by atoms with Crippen molar-refractivity contribution in [3.63, 3.8) is 0 Å². The molecule has 9 nitrogen and oxygen atoms in total. The highest BCUT2D eigenvalue weighted by atomic mass is 32.2. The fourth-order valence-corrected chi connectivity index (χ4v) is 6.09. The van der Waals surface area contributed by atoms with Crippen LogP contribution in [0.15, 0.2) is 48.8 Å². The van der Waals surface area contributed by atoms with Crippen LogP contribution in [0.1, 0.15) is 50.8 Å². The summed E-state index contributed by atoms with van der Waals surface area (Å²) in [6.07, 6.45) is 6.38. The predicted octanol–water partition coefficient (Wildman–Crippen LogP) is 2.61. The molecule has 2 fully saturated rings. The molecule has 0 spiro atoms. The van der Waals surface area contributed by atoms with Crippen LogP contribution in [-0.4, -0.2) is 65.8 Å². The maximum Gasteiger partial charge on any atom is 0.251 e. The van der Waals surface area contributed by atoms with E-state index in [-0.39, 0.29) is 29.5 Å². The van der Waals surface area contributed by atoms with Crippen LogP contribution in [0.25, 0.3) is 0 Å². The van der Waals surface area contributed by atoms with Crippen LogP contribution in [0.4, 0.5) is 5.69 Å². The van der Waals surface area contributed by atoms with Crippen molar-refractivity contribution in [2.45, 2.75) is 51.1 Å². The molecule has 0 radical (unpaired) electrons. The van der Waals surface area contributed by atoms with Crippen molar-refractivity contribution < 1.29 is 18.0 Å². The third-order valence-corrected chi connectivity index (χ3v) is 8.25. The molecule has 2 aromatic rings. The molecule has 2 aliphatic rings. The molecule has 4 rings (SSSR count). The number of nitriles is 1. The molecule has 2 aliphatic heterocycles. The molecular formula is C26H31N5O4S. The van der Waals surface area contributed by atoms with E-state index in [0.717, 1.165) is 5.56 Å². The average molecular weight is 510 g/mol. The maximum absolute atomic E-state index is 14.1. The Hall–Kier alpha value is -3.45. The van der Waals surface area contributed by atoms with Gasteiger partial charge in [-0.2, -0.15) is 5.26 Å². The van der Waals surface area contributed by atoms with Crippen LogP contribution in [-0.2, 0) is 24.8 Å². The fourth-order valence-electron chi connectivity index (χ4n) is 4.73. The van der Waals surface area contributed by atoms with Gasteiger partial charge in [0, 0.05) is 36.7 Å². The normalized spacial score (nSPS) is 20.1. The third-order valence-electron chi connectivity index (χ3n) is 6.74. The number of likely N-dealkylation sites (tertiary alicyclic amines) is 1. The number of aromatic nitrogens is 1. The van der Waals surface area contributed by atoms with Crippen LogP contribution >= 0.6 is 0 Å². The van der Waals surface area contributed by atoms with Crippen LogP contribution in [0.5, 0.6) is 0 Å². The van der Waals surface area contributed by atoms with Crippen molar-refractivity contribution in [2.24, 2.45) is 0 Å². The minimum absolute atomic E-state index is 0.0661. The fraction of sp³-hybridized carbons (Fsp3) is 0.462. The van der Waals surface area contributed by atoms with Gasteiger partial charge in [0.25, 0.3) is 11.8 Å². The molecule has 2 atom stereocenters. The predicted molar refractivity (Wildman–Crippen MR) is 135 cm³/mol. The zero-order valence-electron chi connectivity index (χ0n) is 20.8. The monoisotopic (exact) mass is 509 g/mol. The highest BCUT2D eigenvalue weighted by Crippen LogP contribution is 2.34. The summed E-state index contributed by atoms with van der Waals surface area (Å²) in [6, 6.07) is 9.03. The molecule has 2 saturated heterocycles. The van der Waals surface area contributed by atoms with Gasteiger partial charge in [-0.15, -0.1) is 0 Å². The van der Waals surface area contributed by atoms with Gasteiger partial charge in [-0.1, -0.05) is 39.0 Å². The molecule has 3 heterocycles. The van der Waals surface area contributed by atoms with Crippen molar-refractivity contribution in [3.05, 3.63) is 59.9 Å². The quantitative estimate of drug-likeness (QED) is 0.569. The molecule has 1 unspecified atom stereocenters. The Morgan fingerprint density at radius 1 is 1.17 bits per heavy atom. The molecule has 36 heavy (non-hydrogen) atoms. The van der Waals surface area contributed by atoms with E-state index in [0.29, 0.717) is 30.6 Å². The molecule has 190 valence electrons. The molecule has 1 aromatic heterocycles. The second kappa shape index (κ2) is 9.90. The number of anilines is 1. The molecular weight excluding hydrogens is 478 g/mol. The molecule has 10 heteroatoms. The zero-order valence-corrected chi connectivity index (χ0v) is 21.6. The van der Waals surface area contributed by atoms with Gasteiger partial charge >= 0.3 is 0 Å². The number of benzene rings is 1. The zero-order chi connectivity index (χ0) is 26.1. The number of sulfone groups is 1. The van der Waals surface area contributed by atoms with Gasteiger partial charge in [-0.25, -0.2) is 8.42 Å². The minimum Gasteiger partial charge on any atom is -0.325 e. The lowest BCUT2D eigenvalue weighted by Gasteiger charge is -2.36. The molecule has 0 bridgehead atoms. The molecule has 0 aliphatic carbocycles. The summed E-state index contributed by atoms with van der Waals surface area (Å²) in [6.45, 7) is 6.80. The molecule has 0 saturated carbocycles. The number of amides is 2. The average Bonchev–Trinajstić information content (AvgIpc) is 3.47. The highest BCUT2D eigenvalue weighted by Gasteiger charge is 2.43. The van der Waals surface area contributed by atoms with Gasteiger partial charge in [0.1, 0.15) is 18.0 Å². The van der Waals surface area contributed by atoms with Crippen molar-refractivity contribution in [3.8, 4) is 6.19 Å². The van der Waals surface area contributed by atoms with Crippen molar-refractivity contribution in [2.75, 3.05) is 29.6 Å². The first-order chi connectivity index (χ1) is 17.0. The van der Waals surface area contributed by atoms with Crippen molar-refractivity contribution >= 4 is 27.3 Å². The Morgan fingerprint density at radius 2 is 1.89 bits per heavy atom. The Balaban J connectivity index is 1.84. The van der Waals surface area contributed by atoms with E-state index in [1.54, 1.807) is 18.3 Å². The first-order valence-corrected chi connectivity index (χ1v) is 13.8. The van der Waals surface area contributed by atoms with E-state index in [1.807, 2.05) is 24.3 Å².